The SMILES string of the molecule is Cn1cc([N+](=O)[O-])cc1C(=O)N[C@@H](C(=O)O)C(C)(C)C. The van der Waals surface area contributed by atoms with Crippen LogP contribution in [0.25, 0.3) is 0 Å². The van der Waals surface area contributed by atoms with E-state index in [2.05, 4.69) is 5.32 Å². The van der Waals surface area contributed by atoms with E-state index >= 15 is 0 Å². The first kappa shape index (κ1) is 15.7. The molecule has 0 fully saturated rings. The van der Waals surface area contributed by atoms with Crippen LogP contribution >= 0.6 is 0 Å². The summed E-state index contributed by atoms with van der Waals surface area (Å²) in [6, 6.07) is 0.0145. The zero-order valence-corrected chi connectivity index (χ0v) is 11.7. The zero-order valence-electron chi connectivity index (χ0n) is 11.7. The van der Waals surface area contributed by atoms with Crippen molar-refractivity contribution in [2.24, 2.45) is 12.5 Å². The van der Waals surface area contributed by atoms with Crippen LogP contribution in [0.3, 0.4) is 0 Å². The second-order valence-corrected chi connectivity index (χ2v) is 5.56. The monoisotopic (exact) mass is 283 g/mol. The molecule has 0 aliphatic rings. The molecule has 1 amide bonds. The second kappa shape index (κ2) is 5.32. The van der Waals surface area contributed by atoms with Crippen LogP contribution in [0.1, 0.15) is 31.3 Å². The Kier molecular flexibility index (Phi) is 4.17. The van der Waals surface area contributed by atoms with Gasteiger partial charge in [-0.15, -0.1) is 0 Å². The van der Waals surface area contributed by atoms with Crippen LogP contribution in [0.15, 0.2) is 12.3 Å². The molecule has 8 nitrogen and oxygen atoms in total. The molecule has 1 atom stereocenters. The molecule has 0 bridgehead atoms. The van der Waals surface area contributed by atoms with Gasteiger partial charge in [0.05, 0.1) is 11.1 Å². The number of carbonyl (C=O) groups is 2. The predicted octanol–water partition coefficient (Wildman–Crippen LogP) is 1.16. The summed E-state index contributed by atoms with van der Waals surface area (Å²) < 4.78 is 1.29. The normalized spacial score (nSPS) is 12.8. The van der Waals surface area contributed by atoms with E-state index in [0.29, 0.717) is 0 Å². The topological polar surface area (TPSA) is 114 Å². The van der Waals surface area contributed by atoms with Gasteiger partial charge in [0.25, 0.3) is 11.6 Å². The predicted molar refractivity (Wildman–Crippen MR) is 70.4 cm³/mol. The molecule has 2 N–H and O–H groups in total. The van der Waals surface area contributed by atoms with Gasteiger partial charge in [-0.25, -0.2) is 4.79 Å². The fourth-order valence-electron chi connectivity index (χ4n) is 1.73. The Morgan fingerprint density at radius 3 is 2.35 bits per heavy atom. The van der Waals surface area contributed by atoms with Crippen molar-refractivity contribution in [1.82, 2.24) is 9.88 Å². The summed E-state index contributed by atoms with van der Waals surface area (Å²) >= 11 is 0. The molecule has 0 aliphatic heterocycles. The van der Waals surface area contributed by atoms with Crippen LogP contribution in [0, 0.1) is 15.5 Å². The lowest BCUT2D eigenvalue weighted by molar-refractivity contribution is -0.384. The molecule has 1 aromatic heterocycles. The third-order valence-corrected chi connectivity index (χ3v) is 2.82. The molecule has 0 saturated carbocycles. The number of rotatable bonds is 4. The maximum absolute atomic E-state index is 12.0. The fraction of sp³-hybridized carbons (Fsp3) is 0.500. The van der Waals surface area contributed by atoms with Crippen molar-refractivity contribution in [3.63, 3.8) is 0 Å². The minimum absolute atomic E-state index is 0.0344. The van der Waals surface area contributed by atoms with Gasteiger partial charge in [0.15, 0.2) is 0 Å². The number of carboxylic acids is 1. The molecule has 0 unspecified atom stereocenters. The summed E-state index contributed by atoms with van der Waals surface area (Å²) in [4.78, 5) is 33.3. The lowest BCUT2D eigenvalue weighted by Crippen LogP contribution is -2.49. The van der Waals surface area contributed by atoms with Crippen LogP contribution in [0.2, 0.25) is 0 Å². The van der Waals surface area contributed by atoms with Gasteiger partial charge in [0, 0.05) is 13.1 Å². The number of hydrogen-bond donors (Lipinski definition) is 2. The van der Waals surface area contributed by atoms with Crippen LogP contribution in [0.5, 0.6) is 0 Å². The third kappa shape index (κ3) is 3.34. The molecule has 20 heavy (non-hydrogen) atoms. The van der Waals surface area contributed by atoms with Gasteiger partial charge in [0.1, 0.15) is 11.7 Å². The Balaban J connectivity index is 3.01. The first-order chi connectivity index (χ1) is 9.04. The lowest BCUT2D eigenvalue weighted by atomic mass is 9.86. The summed E-state index contributed by atoms with van der Waals surface area (Å²) in [7, 11) is 1.48. The lowest BCUT2D eigenvalue weighted by Gasteiger charge is -2.27. The molecule has 0 spiro atoms. The quantitative estimate of drug-likeness (QED) is 0.635. The van der Waals surface area contributed by atoms with Gasteiger partial charge in [0.2, 0.25) is 0 Å². The van der Waals surface area contributed by atoms with E-state index in [1.807, 2.05) is 0 Å². The van der Waals surface area contributed by atoms with Crippen LogP contribution in [-0.4, -0.2) is 32.5 Å². The zero-order chi connectivity index (χ0) is 15.7. The molecular weight excluding hydrogens is 266 g/mol. The first-order valence-electron chi connectivity index (χ1n) is 5.88. The molecule has 1 heterocycles. The van der Waals surface area contributed by atoms with Crippen molar-refractivity contribution in [1.29, 1.82) is 0 Å². The van der Waals surface area contributed by atoms with E-state index in [-0.39, 0.29) is 11.4 Å². The van der Waals surface area contributed by atoms with Crippen molar-refractivity contribution >= 4 is 17.6 Å². The number of carboxylic acid groups (broad SMARTS) is 1. The average Bonchev–Trinajstić information content (AvgIpc) is 2.66. The number of nitrogens with one attached hydrogen (secondary N) is 1. The van der Waals surface area contributed by atoms with E-state index in [4.69, 9.17) is 5.11 Å². The first-order valence-corrected chi connectivity index (χ1v) is 5.88. The summed E-state index contributed by atoms with van der Waals surface area (Å²) in [5, 5.41) is 22.2. The second-order valence-electron chi connectivity index (χ2n) is 5.56. The van der Waals surface area contributed by atoms with Gasteiger partial charge in [-0.05, 0) is 5.41 Å². The Bertz CT molecular complexity index is 556. The van der Waals surface area contributed by atoms with Gasteiger partial charge < -0.3 is 15.0 Å². The highest BCUT2D eigenvalue weighted by Gasteiger charge is 2.33. The average molecular weight is 283 g/mol. The van der Waals surface area contributed by atoms with Crippen LogP contribution in [-0.2, 0) is 11.8 Å². The highest BCUT2D eigenvalue weighted by molar-refractivity contribution is 5.96. The molecule has 0 saturated heterocycles. The van der Waals surface area contributed by atoms with Crippen molar-refractivity contribution < 1.29 is 19.6 Å². The summed E-state index contributed by atoms with van der Waals surface area (Å²) in [6.07, 6.45) is 1.20. The number of nitro groups is 1. The number of carbonyl (C=O) groups excluding carboxylic acids is 1. The number of aromatic nitrogens is 1. The van der Waals surface area contributed by atoms with Crippen LogP contribution < -0.4 is 5.32 Å². The smallest absolute Gasteiger partial charge is 0.326 e. The van der Waals surface area contributed by atoms with Crippen LogP contribution in [0.4, 0.5) is 5.69 Å². The van der Waals surface area contributed by atoms with Gasteiger partial charge in [-0.2, -0.15) is 0 Å². The highest BCUT2D eigenvalue weighted by Crippen LogP contribution is 2.21. The van der Waals surface area contributed by atoms with E-state index in [1.165, 1.54) is 17.8 Å². The summed E-state index contributed by atoms with van der Waals surface area (Å²) in [6.45, 7) is 5.04. The summed E-state index contributed by atoms with van der Waals surface area (Å²) in [5.41, 5.74) is -0.869. The Labute approximate surface area is 115 Å². The molecule has 0 radical (unpaired) electrons. The molecule has 110 valence electrons. The third-order valence-electron chi connectivity index (χ3n) is 2.82. The molecule has 1 aromatic rings. The number of aryl methyl sites for hydroxylation is 1. The maximum atomic E-state index is 12.0. The van der Waals surface area contributed by atoms with Crippen molar-refractivity contribution in [2.75, 3.05) is 0 Å². The van der Waals surface area contributed by atoms with Gasteiger partial charge in [-0.3, -0.25) is 14.9 Å². The summed E-state index contributed by atoms with van der Waals surface area (Å²) in [5.74, 6) is -1.82. The largest absolute Gasteiger partial charge is 0.480 e. The number of amides is 1. The van der Waals surface area contributed by atoms with Crippen molar-refractivity contribution in [3.05, 3.63) is 28.1 Å². The standard InChI is InChI=1S/C12H17N3O5/c1-12(2,3)9(11(17)18)13-10(16)8-5-7(15(19)20)6-14(8)4/h5-6,9H,1-4H3,(H,13,16)(H,17,18)/t9-/m0/s1. The Morgan fingerprint density at radius 1 is 1.45 bits per heavy atom. The van der Waals surface area contributed by atoms with Gasteiger partial charge >= 0.3 is 5.97 Å². The highest BCUT2D eigenvalue weighted by atomic mass is 16.6. The molecule has 0 aliphatic carbocycles. The maximum Gasteiger partial charge on any atom is 0.326 e. The Morgan fingerprint density at radius 2 is 2.00 bits per heavy atom. The minimum Gasteiger partial charge on any atom is -0.480 e. The molecular formula is C12H17N3O5. The molecule has 0 aromatic carbocycles. The minimum atomic E-state index is -1.16. The number of hydrogen-bond acceptors (Lipinski definition) is 4. The van der Waals surface area contributed by atoms with E-state index in [1.54, 1.807) is 20.8 Å². The van der Waals surface area contributed by atoms with E-state index in [9.17, 15) is 19.7 Å². The van der Waals surface area contributed by atoms with E-state index < -0.39 is 28.3 Å². The van der Waals surface area contributed by atoms with Gasteiger partial charge in [-0.1, -0.05) is 20.8 Å². The van der Waals surface area contributed by atoms with Crippen molar-refractivity contribution in [2.45, 2.75) is 26.8 Å². The van der Waals surface area contributed by atoms with Crippen molar-refractivity contribution in [3.8, 4) is 0 Å². The number of aliphatic carboxylic acids is 1. The fourth-order valence-corrected chi connectivity index (χ4v) is 1.73. The van der Waals surface area contributed by atoms with E-state index in [0.717, 1.165) is 6.07 Å². The molecule has 8 heteroatoms. The molecule has 1 rings (SSSR count). The number of nitrogens with zero attached hydrogens (tertiary/aromatic N) is 2. The Hall–Kier alpha value is -2.38.